The van der Waals surface area contributed by atoms with Crippen molar-refractivity contribution in [2.24, 2.45) is 5.73 Å². The van der Waals surface area contributed by atoms with E-state index in [1.54, 1.807) is 6.07 Å². The third kappa shape index (κ3) is 4.90. The molecule has 27 heavy (non-hydrogen) atoms. The number of carbonyl (C=O) groups excluding carboxylic acids is 1. The molecule has 2 unspecified atom stereocenters. The number of benzene rings is 2. The number of carbonyl (C=O) groups is 1. The van der Waals surface area contributed by atoms with Crippen LogP contribution in [0.25, 0.3) is 0 Å². The van der Waals surface area contributed by atoms with Gasteiger partial charge in [0, 0.05) is 12.5 Å². The van der Waals surface area contributed by atoms with Gasteiger partial charge in [-0.2, -0.15) is 0 Å². The molecule has 0 spiro atoms. The number of ether oxygens (including phenoxy) is 2. The quantitative estimate of drug-likeness (QED) is 0.525. The average molecular weight is 372 g/mol. The van der Waals surface area contributed by atoms with Crippen LogP contribution in [-0.4, -0.2) is 35.2 Å². The number of nitrogens with two attached hydrogens (primary N) is 1. The molecule has 1 amide bonds. The second-order valence-electron chi connectivity index (χ2n) is 6.73. The number of rotatable bonds is 8. The molecule has 7 nitrogen and oxygen atoms in total. The van der Waals surface area contributed by atoms with E-state index in [0.717, 1.165) is 29.9 Å². The number of fused-ring (bicyclic) bond motifs is 1. The standard InChI is InChI=1S/C20H24N2O5/c1-12(2-3-13-5-7-17-18(9-13)27-11-26-17)22-19(24)10-14-4-6-16(23)15(8-14)20(21)25/h4-9,12,19,22-24H,2-3,10-11H2,1H3,(H2,21,25). The predicted octanol–water partition coefficient (Wildman–Crippen LogP) is 1.69. The Bertz CT molecular complexity index is 824. The maximum Gasteiger partial charge on any atom is 0.252 e. The highest BCUT2D eigenvalue weighted by Crippen LogP contribution is 2.32. The summed E-state index contributed by atoms with van der Waals surface area (Å²) >= 11 is 0. The van der Waals surface area contributed by atoms with E-state index in [1.807, 2.05) is 25.1 Å². The van der Waals surface area contributed by atoms with Gasteiger partial charge in [-0.25, -0.2) is 0 Å². The van der Waals surface area contributed by atoms with E-state index < -0.39 is 12.1 Å². The number of aryl methyl sites for hydroxylation is 1. The SMILES string of the molecule is CC(CCc1ccc2c(c1)OCO2)NC(O)Cc1ccc(O)c(C(N)=O)c1. The number of nitrogens with one attached hydrogen (secondary N) is 1. The molecule has 3 rings (SSSR count). The van der Waals surface area contributed by atoms with Crippen molar-refractivity contribution in [3.8, 4) is 17.2 Å². The van der Waals surface area contributed by atoms with E-state index in [1.165, 1.54) is 12.1 Å². The summed E-state index contributed by atoms with van der Waals surface area (Å²) in [6, 6.07) is 10.5. The number of hydrogen-bond donors (Lipinski definition) is 4. The highest BCUT2D eigenvalue weighted by atomic mass is 16.7. The number of aliphatic hydroxyl groups excluding tert-OH is 1. The number of aliphatic hydroxyl groups is 1. The van der Waals surface area contributed by atoms with Gasteiger partial charge in [-0.05, 0) is 55.2 Å². The lowest BCUT2D eigenvalue weighted by atomic mass is 10.0. The molecule has 0 radical (unpaired) electrons. The van der Waals surface area contributed by atoms with Crippen molar-refractivity contribution >= 4 is 5.91 Å². The van der Waals surface area contributed by atoms with Crippen LogP contribution in [0.1, 0.15) is 34.8 Å². The average Bonchev–Trinajstić information content (AvgIpc) is 3.09. The van der Waals surface area contributed by atoms with Gasteiger partial charge in [0.25, 0.3) is 5.91 Å². The van der Waals surface area contributed by atoms with Gasteiger partial charge >= 0.3 is 0 Å². The molecule has 1 heterocycles. The van der Waals surface area contributed by atoms with Crippen LogP contribution in [-0.2, 0) is 12.8 Å². The Morgan fingerprint density at radius 3 is 2.70 bits per heavy atom. The molecule has 2 aromatic carbocycles. The van der Waals surface area contributed by atoms with Crippen LogP contribution in [0.15, 0.2) is 36.4 Å². The molecular formula is C20H24N2O5. The largest absolute Gasteiger partial charge is 0.507 e. The minimum Gasteiger partial charge on any atom is -0.507 e. The molecule has 0 bridgehead atoms. The summed E-state index contributed by atoms with van der Waals surface area (Å²) in [4.78, 5) is 11.3. The van der Waals surface area contributed by atoms with Gasteiger partial charge in [-0.3, -0.25) is 10.1 Å². The van der Waals surface area contributed by atoms with Crippen molar-refractivity contribution in [3.63, 3.8) is 0 Å². The van der Waals surface area contributed by atoms with E-state index in [-0.39, 0.29) is 24.1 Å². The van der Waals surface area contributed by atoms with Gasteiger partial charge in [-0.1, -0.05) is 12.1 Å². The lowest BCUT2D eigenvalue weighted by molar-refractivity contribution is 0.0996. The smallest absolute Gasteiger partial charge is 0.252 e. The third-order valence-electron chi connectivity index (χ3n) is 4.54. The molecule has 0 saturated carbocycles. The maximum absolute atomic E-state index is 11.3. The molecule has 2 aromatic rings. The molecule has 2 atom stereocenters. The van der Waals surface area contributed by atoms with Crippen molar-refractivity contribution < 1.29 is 24.5 Å². The minimum atomic E-state index is -0.776. The first-order valence-corrected chi connectivity index (χ1v) is 8.86. The summed E-state index contributed by atoms with van der Waals surface area (Å²) < 4.78 is 10.7. The van der Waals surface area contributed by atoms with E-state index in [4.69, 9.17) is 15.2 Å². The Hall–Kier alpha value is -2.77. The Morgan fingerprint density at radius 2 is 1.93 bits per heavy atom. The second kappa shape index (κ2) is 8.28. The molecular weight excluding hydrogens is 348 g/mol. The van der Waals surface area contributed by atoms with Crippen LogP contribution in [0.4, 0.5) is 0 Å². The second-order valence-corrected chi connectivity index (χ2v) is 6.73. The zero-order valence-corrected chi connectivity index (χ0v) is 15.1. The van der Waals surface area contributed by atoms with Gasteiger partial charge in [-0.15, -0.1) is 0 Å². The summed E-state index contributed by atoms with van der Waals surface area (Å²) in [6.07, 6.45) is 1.19. The topological polar surface area (TPSA) is 114 Å². The van der Waals surface area contributed by atoms with Crippen molar-refractivity contribution in [3.05, 3.63) is 53.1 Å². The van der Waals surface area contributed by atoms with Gasteiger partial charge in [0.1, 0.15) is 12.0 Å². The Kier molecular flexibility index (Phi) is 5.83. The molecule has 0 aliphatic carbocycles. The van der Waals surface area contributed by atoms with Gasteiger partial charge in [0.15, 0.2) is 11.5 Å². The van der Waals surface area contributed by atoms with Crippen LogP contribution < -0.4 is 20.5 Å². The summed E-state index contributed by atoms with van der Waals surface area (Å²) in [6.45, 7) is 2.26. The molecule has 1 aliphatic heterocycles. The van der Waals surface area contributed by atoms with Crippen molar-refractivity contribution in [2.75, 3.05) is 6.79 Å². The van der Waals surface area contributed by atoms with Gasteiger partial charge < -0.3 is 25.4 Å². The molecule has 0 saturated heterocycles. The predicted molar refractivity (Wildman–Crippen MR) is 99.8 cm³/mol. The molecule has 7 heteroatoms. The first-order chi connectivity index (χ1) is 12.9. The Labute approximate surface area is 157 Å². The first-order valence-electron chi connectivity index (χ1n) is 8.86. The third-order valence-corrected chi connectivity index (χ3v) is 4.54. The number of phenols is 1. The lowest BCUT2D eigenvalue weighted by Crippen LogP contribution is -2.38. The van der Waals surface area contributed by atoms with Crippen LogP contribution in [0, 0.1) is 0 Å². The highest BCUT2D eigenvalue weighted by molar-refractivity contribution is 5.95. The van der Waals surface area contributed by atoms with E-state index in [9.17, 15) is 15.0 Å². The fourth-order valence-electron chi connectivity index (χ4n) is 3.08. The molecule has 144 valence electrons. The van der Waals surface area contributed by atoms with Crippen LogP contribution in [0.2, 0.25) is 0 Å². The number of primary amides is 1. The van der Waals surface area contributed by atoms with E-state index in [0.29, 0.717) is 12.0 Å². The molecule has 5 N–H and O–H groups in total. The molecule has 1 aliphatic rings. The monoisotopic (exact) mass is 372 g/mol. The Morgan fingerprint density at radius 1 is 1.19 bits per heavy atom. The number of aromatic hydroxyl groups is 1. The van der Waals surface area contributed by atoms with Gasteiger partial charge in [0.05, 0.1) is 5.56 Å². The van der Waals surface area contributed by atoms with E-state index in [2.05, 4.69) is 5.32 Å². The number of hydrogen-bond acceptors (Lipinski definition) is 6. The van der Waals surface area contributed by atoms with Crippen LogP contribution >= 0.6 is 0 Å². The Balaban J connectivity index is 1.49. The summed E-state index contributed by atoms with van der Waals surface area (Å²) in [5.41, 5.74) is 7.14. The summed E-state index contributed by atoms with van der Waals surface area (Å²) in [5, 5.41) is 23.0. The zero-order chi connectivity index (χ0) is 19.4. The summed E-state index contributed by atoms with van der Waals surface area (Å²) in [7, 11) is 0. The van der Waals surface area contributed by atoms with Gasteiger partial charge in [0.2, 0.25) is 6.79 Å². The van der Waals surface area contributed by atoms with Crippen LogP contribution in [0.5, 0.6) is 17.2 Å². The number of amides is 1. The van der Waals surface area contributed by atoms with Crippen molar-refractivity contribution in [1.82, 2.24) is 5.32 Å². The fraction of sp³-hybridized carbons (Fsp3) is 0.350. The van der Waals surface area contributed by atoms with Crippen molar-refractivity contribution in [2.45, 2.75) is 38.5 Å². The first kappa shape index (κ1) is 19.0. The van der Waals surface area contributed by atoms with E-state index >= 15 is 0 Å². The minimum absolute atomic E-state index is 0.0514. The van der Waals surface area contributed by atoms with Crippen LogP contribution in [0.3, 0.4) is 0 Å². The maximum atomic E-state index is 11.3. The summed E-state index contributed by atoms with van der Waals surface area (Å²) in [5.74, 6) is 0.676. The normalized spacial score (nSPS) is 14.7. The zero-order valence-electron chi connectivity index (χ0n) is 15.1. The molecule has 0 aromatic heterocycles. The lowest BCUT2D eigenvalue weighted by Gasteiger charge is -2.19. The molecule has 0 fully saturated rings. The highest BCUT2D eigenvalue weighted by Gasteiger charge is 2.15. The van der Waals surface area contributed by atoms with Crippen molar-refractivity contribution in [1.29, 1.82) is 0 Å². The fourth-order valence-corrected chi connectivity index (χ4v) is 3.08.